The van der Waals surface area contributed by atoms with Gasteiger partial charge in [0.05, 0.1) is 13.4 Å². The van der Waals surface area contributed by atoms with Gasteiger partial charge in [0.25, 0.3) is 0 Å². The molecule has 0 spiro atoms. The van der Waals surface area contributed by atoms with Gasteiger partial charge in [-0.25, -0.2) is 0 Å². The highest BCUT2D eigenvalue weighted by molar-refractivity contribution is 5.83. The highest BCUT2D eigenvalue weighted by atomic mass is 16.5. The number of benzene rings is 1. The maximum atomic E-state index is 5.91. The van der Waals surface area contributed by atoms with Gasteiger partial charge in [-0.2, -0.15) is 0 Å². The Morgan fingerprint density at radius 3 is 2.30 bits per heavy atom. The Balaban J connectivity index is 2.12. The van der Waals surface area contributed by atoms with Crippen molar-refractivity contribution in [3.8, 4) is 28.2 Å². The minimum Gasteiger partial charge on any atom is -0.497 e. The van der Waals surface area contributed by atoms with Crippen molar-refractivity contribution >= 4 is 0 Å². The molecule has 20 heavy (non-hydrogen) atoms. The van der Waals surface area contributed by atoms with Gasteiger partial charge in [0.2, 0.25) is 0 Å². The molecule has 0 radical (unpaired) electrons. The summed E-state index contributed by atoms with van der Waals surface area (Å²) < 4.78 is 11.1. The molecule has 2 nitrogen and oxygen atoms in total. The smallest absolute Gasteiger partial charge is 0.141 e. The summed E-state index contributed by atoms with van der Waals surface area (Å²) in [6, 6.07) is 14.3. The van der Waals surface area contributed by atoms with Crippen molar-refractivity contribution in [3.63, 3.8) is 0 Å². The van der Waals surface area contributed by atoms with Crippen molar-refractivity contribution < 1.29 is 9.15 Å². The zero-order valence-corrected chi connectivity index (χ0v) is 12.0. The molecule has 0 N–H and O–H groups in total. The van der Waals surface area contributed by atoms with E-state index < -0.39 is 0 Å². The third-order valence-electron chi connectivity index (χ3n) is 3.65. The lowest BCUT2D eigenvalue weighted by atomic mass is 9.95. The van der Waals surface area contributed by atoms with Crippen molar-refractivity contribution in [1.29, 1.82) is 0 Å². The Morgan fingerprint density at radius 2 is 1.65 bits per heavy atom. The molecule has 1 aliphatic carbocycles. The van der Waals surface area contributed by atoms with E-state index in [0.717, 1.165) is 17.1 Å². The lowest BCUT2D eigenvalue weighted by Crippen LogP contribution is -1.93. The number of hydrogen-bond acceptors (Lipinski definition) is 2. The van der Waals surface area contributed by atoms with E-state index >= 15 is 0 Å². The zero-order valence-electron chi connectivity index (χ0n) is 12.0. The molecule has 0 amide bonds. The lowest BCUT2D eigenvalue weighted by Gasteiger charge is -2.14. The summed E-state index contributed by atoms with van der Waals surface area (Å²) >= 11 is 0. The van der Waals surface area contributed by atoms with Crippen LogP contribution in [0.5, 0.6) is 5.75 Å². The second-order valence-electron chi connectivity index (χ2n) is 5.26. The molecule has 0 saturated heterocycles. The largest absolute Gasteiger partial charge is 0.497 e. The molecule has 0 saturated carbocycles. The fourth-order valence-electron chi connectivity index (χ4n) is 2.53. The summed E-state index contributed by atoms with van der Waals surface area (Å²) in [7, 11) is 1.67. The summed E-state index contributed by atoms with van der Waals surface area (Å²) in [5, 5.41) is 0. The fraction of sp³-hybridized carbons (Fsp3) is 0.222. The molecule has 0 bridgehead atoms. The molecule has 0 aromatic heterocycles. The van der Waals surface area contributed by atoms with Crippen LogP contribution in [0.15, 0.2) is 53.1 Å². The van der Waals surface area contributed by atoms with E-state index in [4.69, 9.17) is 9.15 Å². The van der Waals surface area contributed by atoms with Crippen molar-refractivity contribution in [1.82, 2.24) is 0 Å². The Kier molecular flexibility index (Phi) is 3.23. The van der Waals surface area contributed by atoms with Gasteiger partial charge in [0.1, 0.15) is 11.5 Å². The molecule has 0 atom stereocenters. The normalized spacial score (nSPS) is 11.2. The topological polar surface area (TPSA) is 22.4 Å². The first-order valence-electron chi connectivity index (χ1n) is 6.85. The molecule has 0 fully saturated rings. The van der Waals surface area contributed by atoms with Gasteiger partial charge >= 0.3 is 0 Å². The Labute approximate surface area is 119 Å². The molecule has 1 aromatic carbocycles. The molecule has 1 heterocycles. The van der Waals surface area contributed by atoms with Crippen LogP contribution >= 0.6 is 0 Å². The van der Waals surface area contributed by atoms with Crippen LogP contribution in [0, 0.1) is 0 Å². The van der Waals surface area contributed by atoms with Gasteiger partial charge < -0.3 is 9.15 Å². The Bertz CT molecular complexity index is 677. The van der Waals surface area contributed by atoms with E-state index in [9.17, 15) is 0 Å². The van der Waals surface area contributed by atoms with E-state index in [1.165, 1.54) is 16.7 Å². The minimum atomic E-state index is 0.452. The standard InChI is InChI=1S/C18H18O2/c1-12(2)17-11-20-18(16-6-4-5-15(16)17)13-7-9-14(19-3)10-8-13/h4-12H,1-3H3. The fourth-order valence-corrected chi connectivity index (χ4v) is 2.53. The molecule has 102 valence electrons. The molecule has 2 heteroatoms. The maximum Gasteiger partial charge on any atom is 0.141 e. The van der Waals surface area contributed by atoms with Crippen LogP contribution in [0.3, 0.4) is 0 Å². The lowest BCUT2D eigenvalue weighted by molar-refractivity contribution is 0.415. The van der Waals surface area contributed by atoms with Crippen LogP contribution in [-0.2, 0) is 0 Å². The minimum absolute atomic E-state index is 0.452. The Morgan fingerprint density at radius 1 is 0.950 bits per heavy atom. The predicted molar refractivity (Wildman–Crippen MR) is 81.4 cm³/mol. The van der Waals surface area contributed by atoms with E-state index in [0.29, 0.717) is 5.92 Å². The third kappa shape index (κ3) is 2.07. The number of fused-ring (bicyclic) bond motifs is 1. The summed E-state index contributed by atoms with van der Waals surface area (Å²) in [5.74, 6) is 2.22. The SMILES string of the molecule is COc1ccc(-c2occ(C(C)C)c3cccc2-3)cc1. The van der Waals surface area contributed by atoms with Crippen molar-refractivity contribution in [3.05, 3.63) is 54.3 Å². The van der Waals surface area contributed by atoms with Crippen LogP contribution in [0.4, 0.5) is 0 Å². The number of rotatable bonds is 3. The first-order chi connectivity index (χ1) is 9.70. The molecule has 2 aliphatic rings. The maximum absolute atomic E-state index is 5.91. The van der Waals surface area contributed by atoms with Crippen LogP contribution in [0.1, 0.15) is 25.3 Å². The van der Waals surface area contributed by atoms with Crippen molar-refractivity contribution in [2.75, 3.05) is 7.11 Å². The van der Waals surface area contributed by atoms with Crippen LogP contribution < -0.4 is 4.74 Å². The molecule has 3 rings (SSSR count). The van der Waals surface area contributed by atoms with Gasteiger partial charge in [-0.05, 0) is 41.3 Å². The second kappa shape index (κ2) is 5.04. The van der Waals surface area contributed by atoms with Gasteiger partial charge in [-0.3, -0.25) is 0 Å². The van der Waals surface area contributed by atoms with Crippen molar-refractivity contribution in [2.45, 2.75) is 19.8 Å². The highest BCUT2D eigenvalue weighted by Gasteiger charge is 2.18. The van der Waals surface area contributed by atoms with Gasteiger partial charge in [-0.15, -0.1) is 0 Å². The number of ether oxygens (including phenoxy) is 1. The quantitative estimate of drug-likeness (QED) is 0.651. The Hall–Kier alpha value is -2.22. The van der Waals surface area contributed by atoms with Crippen LogP contribution in [0.2, 0.25) is 0 Å². The monoisotopic (exact) mass is 266 g/mol. The van der Waals surface area contributed by atoms with E-state index in [-0.39, 0.29) is 0 Å². The zero-order chi connectivity index (χ0) is 14.1. The van der Waals surface area contributed by atoms with E-state index in [1.807, 2.05) is 30.5 Å². The van der Waals surface area contributed by atoms with Crippen LogP contribution in [-0.4, -0.2) is 7.11 Å². The average Bonchev–Trinajstić information content (AvgIpc) is 2.95. The number of hydrogen-bond donors (Lipinski definition) is 0. The molecular weight excluding hydrogens is 248 g/mol. The van der Waals surface area contributed by atoms with Gasteiger partial charge in [0.15, 0.2) is 0 Å². The summed E-state index contributed by atoms with van der Waals surface area (Å²) in [6.07, 6.45) is 1.88. The number of methoxy groups -OCH3 is 1. The third-order valence-corrected chi connectivity index (χ3v) is 3.65. The summed E-state index contributed by atoms with van der Waals surface area (Å²) in [4.78, 5) is 0. The van der Waals surface area contributed by atoms with Gasteiger partial charge in [-0.1, -0.05) is 32.0 Å². The predicted octanol–water partition coefficient (Wildman–Crippen LogP) is 5.18. The summed E-state index contributed by atoms with van der Waals surface area (Å²) in [5.41, 5.74) is 4.76. The first kappa shape index (κ1) is 12.8. The molecule has 1 aromatic rings. The van der Waals surface area contributed by atoms with Crippen molar-refractivity contribution in [2.24, 2.45) is 0 Å². The van der Waals surface area contributed by atoms with Crippen LogP contribution in [0.25, 0.3) is 22.5 Å². The highest BCUT2D eigenvalue weighted by Crippen LogP contribution is 2.39. The molecule has 0 unspecified atom stereocenters. The summed E-state index contributed by atoms with van der Waals surface area (Å²) in [6.45, 7) is 4.37. The molecular formula is C18H18O2. The first-order valence-corrected chi connectivity index (χ1v) is 6.85. The second-order valence-corrected chi connectivity index (χ2v) is 5.26. The average molecular weight is 266 g/mol. The van der Waals surface area contributed by atoms with E-state index in [1.54, 1.807) is 7.11 Å². The van der Waals surface area contributed by atoms with Gasteiger partial charge in [0, 0.05) is 11.1 Å². The molecule has 1 aliphatic heterocycles. The van der Waals surface area contributed by atoms with E-state index in [2.05, 4.69) is 32.0 Å².